The molecule has 0 radical (unpaired) electrons. The quantitative estimate of drug-likeness (QED) is 0.861. The fourth-order valence-electron chi connectivity index (χ4n) is 2.79. The third-order valence-corrected chi connectivity index (χ3v) is 3.86. The second kappa shape index (κ2) is 6.00. The third kappa shape index (κ3) is 3.24. The van der Waals surface area contributed by atoms with Crippen LogP contribution in [0.1, 0.15) is 24.0 Å². The Bertz CT molecular complexity index is 658. The largest absolute Gasteiger partial charge is 0.508 e. The summed E-state index contributed by atoms with van der Waals surface area (Å²) in [6.07, 6.45) is 4.43. The van der Waals surface area contributed by atoms with E-state index >= 15 is 0 Å². The first-order chi connectivity index (χ1) is 10.2. The van der Waals surface area contributed by atoms with Gasteiger partial charge in [0.1, 0.15) is 5.75 Å². The van der Waals surface area contributed by atoms with Gasteiger partial charge in [-0.2, -0.15) is 0 Å². The van der Waals surface area contributed by atoms with Gasteiger partial charge in [0, 0.05) is 31.1 Å². The Balaban J connectivity index is 1.78. The molecule has 0 atom stereocenters. The zero-order valence-corrected chi connectivity index (χ0v) is 12.3. The maximum absolute atomic E-state index is 9.43. The van der Waals surface area contributed by atoms with Crippen LogP contribution in [0.3, 0.4) is 0 Å². The number of nitrogens with zero attached hydrogens (tertiary/aromatic N) is 2. The molecule has 0 amide bonds. The number of rotatable bonds is 3. The summed E-state index contributed by atoms with van der Waals surface area (Å²) in [7, 11) is 0. The van der Waals surface area contributed by atoms with Crippen molar-refractivity contribution < 1.29 is 5.11 Å². The average Bonchev–Trinajstić information content (AvgIpc) is 2.99. The van der Waals surface area contributed by atoms with Crippen LogP contribution in [0.2, 0.25) is 0 Å². The molecule has 0 unspecified atom stereocenters. The summed E-state index contributed by atoms with van der Waals surface area (Å²) in [5.74, 6) is 0.241. The van der Waals surface area contributed by atoms with E-state index in [0.717, 1.165) is 24.3 Å². The van der Waals surface area contributed by atoms with E-state index in [0.29, 0.717) is 0 Å². The van der Waals surface area contributed by atoms with Crippen molar-refractivity contribution in [1.29, 1.82) is 0 Å². The van der Waals surface area contributed by atoms with E-state index in [1.54, 1.807) is 18.2 Å². The standard InChI is InChI=1S/C18H20N2O/c1-14-11-15(7-8-18(14)20-9-2-3-10-20)13-19-16-5-4-6-17(21)12-16/h4-8,11-13,21H,2-3,9-10H2,1H3. The topological polar surface area (TPSA) is 35.8 Å². The second-order valence-electron chi connectivity index (χ2n) is 5.52. The summed E-state index contributed by atoms with van der Waals surface area (Å²) >= 11 is 0. The maximum Gasteiger partial charge on any atom is 0.117 e. The highest BCUT2D eigenvalue weighted by Gasteiger charge is 2.13. The van der Waals surface area contributed by atoms with Crippen LogP contribution in [0.15, 0.2) is 47.5 Å². The Labute approximate surface area is 125 Å². The van der Waals surface area contributed by atoms with Crippen molar-refractivity contribution in [1.82, 2.24) is 0 Å². The summed E-state index contributed by atoms with van der Waals surface area (Å²) in [5.41, 5.74) is 4.47. The highest BCUT2D eigenvalue weighted by Crippen LogP contribution is 2.25. The molecule has 0 aliphatic carbocycles. The minimum Gasteiger partial charge on any atom is -0.508 e. The lowest BCUT2D eigenvalue weighted by molar-refractivity contribution is 0.475. The Hall–Kier alpha value is -2.29. The first-order valence-electron chi connectivity index (χ1n) is 7.41. The zero-order chi connectivity index (χ0) is 14.7. The molecule has 1 heterocycles. The Morgan fingerprint density at radius 3 is 2.62 bits per heavy atom. The van der Waals surface area contributed by atoms with Gasteiger partial charge in [-0.1, -0.05) is 12.1 Å². The minimum absolute atomic E-state index is 0.241. The van der Waals surface area contributed by atoms with Crippen molar-refractivity contribution in [2.45, 2.75) is 19.8 Å². The molecule has 2 aromatic carbocycles. The zero-order valence-electron chi connectivity index (χ0n) is 12.3. The predicted molar refractivity (Wildman–Crippen MR) is 88.0 cm³/mol. The molecule has 1 N–H and O–H groups in total. The number of aromatic hydroxyl groups is 1. The molecular formula is C18H20N2O. The molecule has 1 saturated heterocycles. The number of aryl methyl sites for hydroxylation is 1. The van der Waals surface area contributed by atoms with Crippen LogP contribution in [0, 0.1) is 6.92 Å². The van der Waals surface area contributed by atoms with Gasteiger partial charge < -0.3 is 10.0 Å². The van der Waals surface area contributed by atoms with Crippen molar-refractivity contribution in [3.05, 3.63) is 53.6 Å². The number of hydrogen-bond donors (Lipinski definition) is 1. The summed E-state index contributed by atoms with van der Waals surface area (Å²) in [5, 5.41) is 9.43. The molecule has 3 rings (SSSR count). The number of anilines is 1. The maximum atomic E-state index is 9.43. The lowest BCUT2D eigenvalue weighted by atomic mass is 10.1. The highest BCUT2D eigenvalue weighted by molar-refractivity contribution is 5.83. The number of phenols is 1. The van der Waals surface area contributed by atoms with Gasteiger partial charge in [0.15, 0.2) is 0 Å². The third-order valence-electron chi connectivity index (χ3n) is 3.86. The van der Waals surface area contributed by atoms with E-state index < -0.39 is 0 Å². The van der Waals surface area contributed by atoms with E-state index in [2.05, 4.69) is 35.0 Å². The number of aliphatic imine (C=N–C) groups is 1. The molecular weight excluding hydrogens is 260 g/mol. The minimum atomic E-state index is 0.241. The molecule has 1 aliphatic rings. The van der Waals surface area contributed by atoms with E-state index in [1.807, 2.05) is 12.3 Å². The molecule has 3 nitrogen and oxygen atoms in total. The summed E-state index contributed by atoms with van der Waals surface area (Å²) in [4.78, 5) is 6.86. The van der Waals surface area contributed by atoms with E-state index in [1.165, 1.54) is 24.1 Å². The molecule has 1 aliphatic heterocycles. The molecule has 0 spiro atoms. The van der Waals surface area contributed by atoms with Crippen molar-refractivity contribution in [3.8, 4) is 5.75 Å². The van der Waals surface area contributed by atoms with Crippen LogP contribution < -0.4 is 4.90 Å². The molecule has 108 valence electrons. The van der Waals surface area contributed by atoms with Gasteiger partial charge in [0.25, 0.3) is 0 Å². The monoisotopic (exact) mass is 280 g/mol. The van der Waals surface area contributed by atoms with Crippen LogP contribution in [0.25, 0.3) is 0 Å². The van der Waals surface area contributed by atoms with Crippen molar-refractivity contribution in [2.24, 2.45) is 4.99 Å². The van der Waals surface area contributed by atoms with Gasteiger partial charge in [-0.25, -0.2) is 0 Å². The molecule has 3 heteroatoms. The van der Waals surface area contributed by atoms with E-state index in [4.69, 9.17) is 0 Å². The fraction of sp³-hybridized carbons (Fsp3) is 0.278. The molecule has 0 aromatic heterocycles. The van der Waals surface area contributed by atoms with Gasteiger partial charge in [-0.3, -0.25) is 4.99 Å². The lowest BCUT2D eigenvalue weighted by Gasteiger charge is -2.20. The summed E-state index contributed by atoms with van der Waals surface area (Å²) in [6, 6.07) is 13.4. The highest BCUT2D eigenvalue weighted by atomic mass is 16.3. The number of phenolic OH excluding ortho intramolecular Hbond substituents is 1. The van der Waals surface area contributed by atoms with Gasteiger partial charge in [0.2, 0.25) is 0 Å². The SMILES string of the molecule is Cc1cc(C=Nc2cccc(O)c2)ccc1N1CCCC1. The van der Waals surface area contributed by atoms with Gasteiger partial charge >= 0.3 is 0 Å². The molecule has 0 saturated carbocycles. The first kappa shape index (κ1) is 13.7. The normalized spacial score (nSPS) is 15.0. The summed E-state index contributed by atoms with van der Waals surface area (Å²) in [6.45, 7) is 4.48. The van der Waals surface area contributed by atoms with Gasteiger partial charge in [-0.05, 0) is 55.2 Å². The lowest BCUT2D eigenvalue weighted by Crippen LogP contribution is -2.18. The Kier molecular flexibility index (Phi) is 3.91. The first-order valence-corrected chi connectivity index (χ1v) is 7.41. The molecule has 0 bridgehead atoms. The van der Waals surface area contributed by atoms with Crippen molar-refractivity contribution in [2.75, 3.05) is 18.0 Å². The summed E-state index contributed by atoms with van der Waals surface area (Å²) < 4.78 is 0. The second-order valence-corrected chi connectivity index (χ2v) is 5.52. The number of hydrogen-bond acceptors (Lipinski definition) is 3. The van der Waals surface area contributed by atoms with Crippen molar-refractivity contribution >= 4 is 17.6 Å². The van der Waals surface area contributed by atoms with Crippen LogP contribution in [-0.4, -0.2) is 24.4 Å². The van der Waals surface area contributed by atoms with Gasteiger partial charge in [-0.15, -0.1) is 0 Å². The van der Waals surface area contributed by atoms with Gasteiger partial charge in [0.05, 0.1) is 5.69 Å². The van der Waals surface area contributed by atoms with Crippen LogP contribution in [0.5, 0.6) is 5.75 Å². The average molecular weight is 280 g/mol. The Morgan fingerprint density at radius 1 is 1.10 bits per heavy atom. The number of benzene rings is 2. The molecule has 1 fully saturated rings. The van der Waals surface area contributed by atoms with Crippen molar-refractivity contribution in [3.63, 3.8) is 0 Å². The predicted octanol–water partition coefficient (Wildman–Crippen LogP) is 4.05. The Morgan fingerprint density at radius 2 is 1.90 bits per heavy atom. The smallest absolute Gasteiger partial charge is 0.117 e. The molecule has 2 aromatic rings. The van der Waals surface area contributed by atoms with E-state index in [-0.39, 0.29) is 5.75 Å². The van der Waals surface area contributed by atoms with Crippen LogP contribution in [-0.2, 0) is 0 Å². The van der Waals surface area contributed by atoms with E-state index in [9.17, 15) is 5.11 Å². The van der Waals surface area contributed by atoms with Crippen LogP contribution in [0.4, 0.5) is 11.4 Å². The fourth-order valence-corrected chi connectivity index (χ4v) is 2.79. The van der Waals surface area contributed by atoms with Crippen LogP contribution >= 0.6 is 0 Å². The molecule has 21 heavy (non-hydrogen) atoms.